The van der Waals surface area contributed by atoms with Crippen LogP contribution in [-0.4, -0.2) is 30.0 Å². The molecule has 23 heavy (non-hydrogen) atoms. The number of carbonyl (C=O) groups is 2. The molecule has 0 aliphatic heterocycles. The van der Waals surface area contributed by atoms with Crippen molar-refractivity contribution >= 4 is 23.4 Å². The monoisotopic (exact) mass is 335 g/mol. The van der Waals surface area contributed by atoms with Gasteiger partial charge in [0.15, 0.2) is 6.10 Å². The smallest absolute Gasteiger partial charge is 0.339 e. The molecule has 6 heteroatoms. The molecule has 2 rings (SSSR count). The lowest BCUT2D eigenvalue weighted by molar-refractivity contribution is 0.0599. The fourth-order valence-electron chi connectivity index (χ4n) is 2.38. The van der Waals surface area contributed by atoms with E-state index in [4.69, 9.17) is 21.1 Å². The van der Waals surface area contributed by atoms with Crippen molar-refractivity contribution in [1.29, 1.82) is 0 Å². The average Bonchev–Trinajstić information content (AvgIpc) is 2.82. The molecule has 1 atom stereocenters. The van der Waals surface area contributed by atoms with Gasteiger partial charge in [0.2, 0.25) is 5.78 Å². The summed E-state index contributed by atoms with van der Waals surface area (Å²) < 4.78 is 10.4. The Morgan fingerprint density at radius 3 is 2.35 bits per heavy atom. The molecule has 5 nitrogen and oxygen atoms in total. The number of ketones is 1. The Morgan fingerprint density at radius 2 is 1.78 bits per heavy atom. The van der Waals surface area contributed by atoms with Crippen molar-refractivity contribution < 1.29 is 19.1 Å². The molecule has 0 spiro atoms. The number of rotatable bonds is 5. The molecule has 1 N–H and O–H groups in total. The first-order valence-corrected chi connectivity index (χ1v) is 7.46. The lowest BCUT2D eigenvalue weighted by atomic mass is 10.1. The Kier molecular flexibility index (Phi) is 5.11. The summed E-state index contributed by atoms with van der Waals surface area (Å²) in [4.78, 5) is 27.3. The number of nitrogens with one attached hydrogen (secondary N) is 1. The van der Waals surface area contributed by atoms with Crippen molar-refractivity contribution in [1.82, 2.24) is 4.98 Å². The minimum Gasteiger partial charge on any atom is -0.483 e. The predicted molar refractivity (Wildman–Crippen MR) is 87.5 cm³/mol. The second-order valence-electron chi connectivity index (χ2n) is 5.19. The molecule has 0 saturated carbocycles. The number of aryl methyl sites for hydroxylation is 1. The number of ether oxygens (including phenoxy) is 2. The zero-order valence-corrected chi connectivity index (χ0v) is 14.2. The zero-order valence-electron chi connectivity index (χ0n) is 13.4. The molecule has 1 heterocycles. The van der Waals surface area contributed by atoms with Crippen LogP contribution in [-0.2, 0) is 4.74 Å². The summed E-state index contributed by atoms with van der Waals surface area (Å²) in [6.45, 7) is 5.09. The highest BCUT2D eigenvalue weighted by molar-refractivity contribution is 6.30. The third-order valence-electron chi connectivity index (χ3n) is 3.57. The summed E-state index contributed by atoms with van der Waals surface area (Å²) in [5.74, 6) is -0.165. The van der Waals surface area contributed by atoms with Crippen molar-refractivity contribution in [3.63, 3.8) is 0 Å². The molecular weight excluding hydrogens is 318 g/mol. The van der Waals surface area contributed by atoms with Crippen LogP contribution in [0.25, 0.3) is 0 Å². The van der Waals surface area contributed by atoms with Crippen LogP contribution in [0, 0.1) is 13.8 Å². The lowest BCUT2D eigenvalue weighted by Gasteiger charge is -2.13. The van der Waals surface area contributed by atoms with Gasteiger partial charge in [-0.1, -0.05) is 11.6 Å². The Labute approximate surface area is 139 Å². The standard InChI is InChI=1S/C17H18ClNO4/c1-9-14(17(21)22-4)10(2)19-15(9)16(20)11(3)23-13-7-5-12(18)6-8-13/h5-8,11,19H,1-4H3/t11-/m1/s1. The van der Waals surface area contributed by atoms with Crippen LogP contribution in [0.3, 0.4) is 0 Å². The number of H-pyrrole nitrogens is 1. The molecule has 0 fully saturated rings. The molecule has 0 bridgehead atoms. The van der Waals surface area contributed by atoms with Gasteiger partial charge in [-0.3, -0.25) is 4.79 Å². The Bertz CT molecular complexity index is 734. The van der Waals surface area contributed by atoms with Crippen LogP contribution >= 0.6 is 11.6 Å². The molecule has 0 aliphatic rings. The molecular formula is C17H18ClNO4. The van der Waals surface area contributed by atoms with Gasteiger partial charge in [0.25, 0.3) is 0 Å². The van der Waals surface area contributed by atoms with E-state index in [1.54, 1.807) is 45.0 Å². The van der Waals surface area contributed by atoms with Crippen LogP contribution in [0.15, 0.2) is 24.3 Å². The van der Waals surface area contributed by atoms with E-state index in [2.05, 4.69) is 4.98 Å². The van der Waals surface area contributed by atoms with Gasteiger partial charge >= 0.3 is 5.97 Å². The SMILES string of the molecule is COC(=O)c1c(C)[nH]c(C(=O)[C@@H](C)Oc2ccc(Cl)cc2)c1C. The molecule has 0 radical (unpaired) electrons. The number of benzene rings is 1. The van der Waals surface area contributed by atoms with E-state index in [-0.39, 0.29) is 5.78 Å². The Hall–Kier alpha value is -2.27. The maximum atomic E-state index is 12.6. The zero-order chi connectivity index (χ0) is 17.1. The summed E-state index contributed by atoms with van der Waals surface area (Å²) in [5.41, 5.74) is 1.89. The van der Waals surface area contributed by atoms with Gasteiger partial charge in [0, 0.05) is 10.7 Å². The Balaban J connectivity index is 2.23. The van der Waals surface area contributed by atoms with Gasteiger partial charge < -0.3 is 14.5 Å². The van der Waals surface area contributed by atoms with Crippen LogP contribution in [0.1, 0.15) is 39.0 Å². The summed E-state index contributed by atoms with van der Waals surface area (Å²) in [6.07, 6.45) is -0.710. The van der Waals surface area contributed by atoms with E-state index in [1.165, 1.54) is 7.11 Å². The lowest BCUT2D eigenvalue weighted by Crippen LogP contribution is -2.25. The van der Waals surface area contributed by atoms with E-state index in [0.717, 1.165) is 0 Å². The van der Waals surface area contributed by atoms with Crippen LogP contribution in [0.2, 0.25) is 5.02 Å². The van der Waals surface area contributed by atoms with Gasteiger partial charge in [0.05, 0.1) is 18.4 Å². The second-order valence-corrected chi connectivity index (χ2v) is 5.63. The number of Topliss-reactive ketones (excluding diaryl/α,β-unsaturated/α-hetero) is 1. The van der Waals surface area contributed by atoms with E-state index >= 15 is 0 Å². The Morgan fingerprint density at radius 1 is 1.17 bits per heavy atom. The molecule has 1 aromatic carbocycles. The number of halogens is 1. The third-order valence-corrected chi connectivity index (χ3v) is 3.82. The van der Waals surface area contributed by atoms with E-state index < -0.39 is 12.1 Å². The summed E-state index contributed by atoms with van der Waals surface area (Å²) in [5, 5.41) is 0.592. The normalized spacial score (nSPS) is 11.9. The van der Waals surface area contributed by atoms with Crippen molar-refractivity contribution in [2.24, 2.45) is 0 Å². The first-order chi connectivity index (χ1) is 10.8. The van der Waals surface area contributed by atoms with E-state index in [1.807, 2.05) is 0 Å². The number of esters is 1. The van der Waals surface area contributed by atoms with Crippen molar-refractivity contribution in [3.05, 3.63) is 51.8 Å². The van der Waals surface area contributed by atoms with Crippen LogP contribution in [0.4, 0.5) is 0 Å². The summed E-state index contributed by atoms with van der Waals surface area (Å²) in [6, 6.07) is 6.76. The van der Waals surface area contributed by atoms with Crippen LogP contribution in [0.5, 0.6) is 5.75 Å². The molecule has 1 aromatic heterocycles. The maximum absolute atomic E-state index is 12.6. The third kappa shape index (κ3) is 3.56. The number of methoxy groups -OCH3 is 1. The quantitative estimate of drug-likeness (QED) is 0.668. The number of hydrogen-bond acceptors (Lipinski definition) is 4. The topological polar surface area (TPSA) is 68.4 Å². The molecule has 2 aromatic rings. The number of carbonyl (C=O) groups excluding carboxylic acids is 2. The number of aromatic nitrogens is 1. The summed E-state index contributed by atoms with van der Waals surface area (Å²) >= 11 is 5.82. The fourth-order valence-corrected chi connectivity index (χ4v) is 2.50. The van der Waals surface area contributed by atoms with Crippen molar-refractivity contribution in [2.45, 2.75) is 26.9 Å². The fraction of sp³-hybridized carbons (Fsp3) is 0.294. The van der Waals surface area contributed by atoms with Gasteiger partial charge in [-0.05, 0) is 50.6 Å². The van der Waals surface area contributed by atoms with Gasteiger partial charge in [-0.2, -0.15) is 0 Å². The largest absolute Gasteiger partial charge is 0.483 e. The molecule has 0 saturated heterocycles. The van der Waals surface area contributed by atoms with Crippen molar-refractivity contribution in [2.75, 3.05) is 7.11 Å². The highest BCUT2D eigenvalue weighted by Gasteiger charge is 2.26. The maximum Gasteiger partial charge on any atom is 0.339 e. The number of hydrogen-bond donors (Lipinski definition) is 1. The van der Waals surface area contributed by atoms with Crippen molar-refractivity contribution in [3.8, 4) is 5.75 Å². The summed E-state index contributed by atoms with van der Waals surface area (Å²) in [7, 11) is 1.31. The first-order valence-electron chi connectivity index (χ1n) is 7.09. The highest BCUT2D eigenvalue weighted by Crippen LogP contribution is 2.22. The predicted octanol–water partition coefficient (Wildman–Crippen LogP) is 3.72. The van der Waals surface area contributed by atoms with Gasteiger partial charge in [0.1, 0.15) is 5.75 Å². The minimum atomic E-state index is -0.710. The molecule has 0 amide bonds. The van der Waals surface area contributed by atoms with Gasteiger partial charge in [-0.25, -0.2) is 4.79 Å². The van der Waals surface area contributed by atoms with E-state index in [9.17, 15) is 9.59 Å². The van der Waals surface area contributed by atoms with Crippen LogP contribution < -0.4 is 4.74 Å². The minimum absolute atomic E-state index is 0.240. The van der Waals surface area contributed by atoms with Gasteiger partial charge in [-0.15, -0.1) is 0 Å². The average molecular weight is 336 g/mol. The number of aromatic amines is 1. The second kappa shape index (κ2) is 6.87. The molecule has 0 aliphatic carbocycles. The van der Waals surface area contributed by atoms with E-state index in [0.29, 0.717) is 33.3 Å². The first kappa shape index (κ1) is 17.1. The molecule has 0 unspecified atom stereocenters. The highest BCUT2D eigenvalue weighted by atomic mass is 35.5. The molecule has 122 valence electrons.